The standard InChI is InChI=1S/C19H17N5O3/c25-16-9-12(4-7-21-16)19(27)24-8-5-13(11-24)18-22-15(10-17(26)23-18)14-3-1-2-6-20-14/h1-4,6-7,9-10,13H,5,8,11H2,(H,21,25)(H,22,23,26)/t13-/m1/s1. The summed E-state index contributed by atoms with van der Waals surface area (Å²) in [5.74, 6) is 0.267. The summed E-state index contributed by atoms with van der Waals surface area (Å²) in [6.45, 7) is 0.966. The fourth-order valence-electron chi connectivity index (χ4n) is 3.24. The third-order valence-electron chi connectivity index (χ3n) is 4.57. The normalized spacial score (nSPS) is 16.4. The Morgan fingerprint density at radius 3 is 2.78 bits per heavy atom. The number of H-pyrrole nitrogens is 2. The van der Waals surface area contributed by atoms with E-state index >= 15 is 0 Å². The lowest BCUT2D eigenvalue weighted by Crippen LogP contribution is -2.29. The van der Waals surface area contributed by atoms with Crippen LogP contribution in [-0.2, 0) is 0 Å². The van der Waals surface area contributed by atoms with Gasteiger partial charge in [-0.3, -0.25) is 19.4 Å². The van der Waals surface area contributed by atoms with Gasteiger partial charge >= 0.3 is 0 Å². The fourth-order valence-corrected chi connectivity index (χ4v) is 3.24. The first-order valence-electron chi connectivity index (χ1n) is 8.61. The van der Waals surface area contributed by atoms with Gasteiger partial charge in [0.05, 0.1) is 11.4 Å². The van der Waals surface area contributed by atoms with Crippen molar-refractivity contribution in [2.45, 2.75) is 12.3 Å². The highest BCUT2D eigenvalue weighted by Gasteiger charge is 2.30. The summed E-state index contributed by atoms with van der Waals surface area (Å²) >= 11 is 0. The van der Waals surface area contributed by atoms with Crippen LogP contribution in [0.5, 0.6) is 0 Å². The Balaban J connectivity index is 1.57. The summed E-state index contributed by atoms with van der Waals surface area (Å²) in [6.07, 6.45) is 3.79. The molecule has 1 atom stereocenters. The summed E-state index contributed by atoms with van der Waals surface area (Å²) < 4.78 is 0. The Morgan fingerprint density at radius 2 is 2.00 bits per heavy atom. The van der Waals surface area contributed by atoms with Crippen LogP contribution in [0.2, 0.25) is 0 Å². The van der Waals surface area contributed by atoms with Crippen molar-refractivity contribution in [3.8, 4) is 11.4 Å². The zero-order chi connectivity index (χ0) is 18.8. The van der Waals surface area contributed by atoms with Crippen molar-refractivity contribution >= 4 is 5.91 Å². The molecular formula is C19H17N5O3. The summed E-state index contributed by atoms with van der Waals surface area (Å²) in [6, 6.07) is 9.72. The minimum atomic E-state index is -0.314. The van der Waals surface area contributed by atoms with Crippen LogP contribution in [0.15, 0.2) is 58.4 Å². The van der Waals surface area contributed by atoms with Crippen molar-refractivity contribution in [1.82, 2.24) is 24.8 Å². The van der Waals surface area contributed by atoms with Crippen LogP contribution >= 0.6 is 0 Å². The fraction of sp³-hybridized carbons (Fsp3) is 0.211. The lowest BCUT2D eigenvalue weighted by Gasteiger charge is -2.16. The molecule has 3 aromatic heterocycles. The number of nitrogens with one attached hydrogen (secondary N) is 2. The van der Waals surface area contributed by atoms with Gasteiger partial charge in [0, 0.05) is 49.1 Å². The van der Waals surface area contributed by atoms with E-state index in [4.69, 9.17) is 0 Å². The summed E-state index contributed by atoms with van der Waals surface area (Å²) in [7, 11) is 0. The molecule has 0 radical (unpaired) electrons. The van der Waals surface area contributed by atoms with Gasteiger partial charge in [-0.05, 0) is 24.6 Å². The maximum absolute atomic E-state index is 12.6. The molecule has 0 aromatic carbocycles. The molecule has 2 N–H and O–H groups in total. The largest absolute Gasteiger partial charge is 0.338 e. The molecule has 4 heterocycles. The first kappa shape index (κ1) is 16.9. The monoisotopic (exact) mass is 363 g/mol. The SMILES string of the molecule is O=C(c1cc[nH]c(=O)c1)N1CC[C@@H](c2nc(-c3ccccn3)cc(=O)[nH]2)C1. The van der Waals surface area contributed by atoms with Crippen LogP contribution < -0.4 is 11.1 Å². The topological polar surface area (TPSA) is 112 Å². The second kappa shape index (κ2) is 6.99. The van der Waals surface area contributed by atoms with Crippen molar-refractivity contribution < 1.29 is 4.79 Å². The number of aromatic nitrogens is 4. The minimum absolute atomic E-state index is 0.0766. The molecule has 136 valence electrons. The minimum Gasteiger partial charge on any atom is -0.338 e. The first-order valence-corrected chi connectivity index (χ1v) is 8.61. The lowest BCUT2D eigenvalue weighted by atomic mass is 10.1. The predicted molar refractivity (Wildman–Crippen MR) is 98.4 cm³/mol. The van der Waals surface area contributed by atoms with Gasteiger partial charge in [-0.15, -0.1) is 0 Å². The summed E-state index contributed by atoms with van der Waals surface area (Å²) in [5.41, 5.74) is 0.918. The Labute approximate surface area is 153 Å². The maximum atomic E-state index is 12.6. The molecule has 0 aliphatic carbocycles. The number of carbonyl (C=O) groups excluding carboxylic acids is 1. The van der Waals surface area contributed by atoms with Crippen LogP contribution in [0, 0.1) is 0 Å². The van der Waals surface area contributed by atoms with Gasteiger partial charge in [-0.2, -0.15) is 0 Å². The van der Waals surface area contributed by atoms with E-state index in [9.17, 15) is 14.4 Å². The number of carbonyl (C=O) groups is 1. The molecule has 0 saturated carbocycles. The van der Waals surface area contributed by atoms with E-state index in [2.05, 4.69) is 19.9 Å². The molecule has 27 heavy (non-hydrogen) atoms. The van der Waals surface area contributed by atoms with Crippen molar-refractivity contribution in [3.63, 3.8) is 0 Å². The summed E-state index contributed by atoms with van der Waals surface area (Å²) in [5, 5.41) is 0. The van der Waals surface area contributed by atoms with Crippen molar-refractivity contribution in [2.75, 3.05) is 13.1 Å². The van der Waals surface area contributed by atoms with Gasteiger partial charge < -0.3 is 14.9 Å². The Bertz CT molecular complexity index is 1090. The molecule has 1 saturated heterocycles. The van der Waals surface area contributed by atoms with E-state index in [-0.39, 0.29) is 22.9 Å². The molecule has 0 unspecified atom stereocenters. The van der Waals surface area contributed by atoms with Crippen LogP contribution in [-0.4, -0.2) is 43.8 Å². The third kappa shape index (κ3) is 3.55. The zero-order valence-electron chi connectivity index (χ0n) is 14.4. The Morgan fingerprint density at radius 1 is 1.11 bits per heavy atom. The Kier molecular flexibility index (Phi) is 4.37. The highest BCUT2D eigenvalue weighted by molar-refractivity contribution is 5.94. The molecule has 1 amide bonds. The lowest BCUT2D eigenvalue weighted by molar-refractivity contribution is 0.0790. The molecular weight excluding hydrogens is 346 g/mol. The number of nitrogens with zero attached hydrogens (tertiary/aromatic N) is 3. The van der Waals surface area contributed by atoms with Crippen molar-refractivity contribution in [3.05, 3.63) is 80.9 Å². The van der Waals surface area contributed by atoms with Crippen LogP contribution in [0.4, 0.5) is 0 Å². The number of hydrogen-bond donors (Lipinski definition) is 2. The van der Waals surface area contributed by atoms with Gasteiger partial charge in [0.25, 0.3) is 11.5 Å². The molecule has 4 rings (SSSR count). The van der Waals surface area contributed by atoms with E-state index in [0.29, 0.717) is 42.3 Å². The molecule has 8 nitrogen and oxygen atoms in total. The molecule has 3 aromatic rings. The molecule has 1 aliphatic heterocycles. The first-order chi connectivity index (χ1) is 13.1. The third-order valence-corrected chi connectivity index (χ3v) is 4.57. The van der Waals surface area contributed by atoms with Gasteiger partial charge in [-0.1, -0.05) is 6.07 Å². The molecule has 0 spiro atoms. The van der Waals surface area contributed by atoms with Crippen molar-refractivity contribution in [2.24, 2.45) is 0 Å². The predicted octanol–water partition coefficient (Wildman–Crippen LogP) is 1.15. The number of rotatable bonds is 3. The van der Waals surface area contributed by atoms with Gasteiger partial charge in [0.2, 0.25) is 5.56 Å². The quantitative estimate of drug-likeness (QED) is 0.725. The van der Waals surface area contributed by atoms with E-state index in [1.807, 2.05) is 6.07 Å². The number of likely N-dealkylation sites (tertiary alicyclic amines) is 1. The number of hydrogen-bond acceptors (Lipinski definition) is 5. The van der Waals surface area contributed by atoms with Crippen LogP contribution in [0.1, 0.15) is 28.5 Å². The second-order valence-corrected chi connectivity index (χ2v) is 6.41. The highest BCUT2D eigenvalue weighted by Crippen LogP contribution is 2.26. The van der Waals surface area contributed by atoms with E-state index in [1.54, 1.807) is 29.3 Å². The van der Waals surface area contributed by atoms with E-state index in [1.165, 1.54) is 18.3 Å². The molecule has 0 bridgehead atoms. The Hall–Kier alpha value is -3.55. The van der Waals surface area contributed by atoms with Gasteiger partial charge in [0.15, 0.2) is 0 Å². The molecule has 1 fully saturated rings. The molecule has 8 heteroatoms. The van der Waals surface area contributed by atoms with Gasteiger partial charge in [0.1, 0.15) is 5.82 Å². The average molecular weight is 363 g/mol. The second-order valence-electron chi connectivity index (χ2n) is 6.41. The number of pyridine rings is 2. The molecule has 1 aliphatic rings. The maximum Gasteiger partial charge on any atom is 0.254 e. The van der Waals surface area contributed by atoms with Gasteiger partial charge in [-0.25, -0.2) is 4.98 Å². The zero-order valence-corrected chi connectivity index (χ0v) is 14.4. The van der Waals surface area contributed by atoms with Crippen LogP contribution in [0.25, 0.3) is 11.4 Å². The summed E-state index contributed by atoms with van der Waals surface area (Å²) in [4.78, 5) is 51.8. The van der Waals surface area contributed by atoms with Crippen LogP contribution in [0.3, 0.4) is 0 Å². The van der Waals surface area contributed by atoms with E-state index in [0.717, 1.165) is 0 Å². The van der Waals surface area contributed by atoms with E-state index < -0.39 is 0 Å². The number of amides is 1. The number of aromatic amines is 2. The average Bonchev–Trinajstić information content (AvgIpc) is 3.18. The highest BCUT2D eigenvalue weighted by atomic mass is 16.2. The smallest absolute Gasteiger partial charge is 0.254 e. The van der Waals surface area contributed by atoms with Crippen molar-refractivity contribution in [1.29, 1.82) is 0 Å².